The van der Waals surface area contributed by atoms with E-state index in [1.165, 1.54) is 12.2 Å². The molecule has 3 rings (SSSR count). The molecule has 1 aromatic carbocycles. The summed E-state index contributed by atoms with van der Waals surface area (Å²) < 4.78 is 1.81. The van der Waals surface area contributed by atoms with Crippen molar-refractivity contribution in [2.45, 2.75) is 0 Å². The Balaban J connectivity index is 2.06. The minimum Gasteiger partial charge on any atom is -0.350 e. The fraction of sp³-hybridized carbons (Fsp3) is 0.0588. The number of carbonyl (C=O) groups is 2. The van der Waals surface area contributed by atoms with Crippen LogP contribution in [0.2, 0.25) is 0 Å². The first-order valence-electron chi connectivity index (χ1n) is 6.36. The van der Waals surface area contributed by atoms with Gasteiger partial charge in [0.15, 0.2) is 11.6 Å². The molecule has 2 aromatic rings. The fourth-order valence-electron chi connectivity index (χ4n) is 2.35. The van der Waals surface area contributed by atoms with Crippen LogP contribution in [0, 0.1) is 0 Å². The lowest BCUT2D eigenvalue weighted by Gasteiger charge is -2.04. The quantitative estimate of drug-likeness (QED) is 0.835. The summed E-state index contributed by atoms with van der Waals surface area (Å²) in [6, 6.07) is 9.83. The van der Waals surface area contributed by atoms with Gasteiger partial charge in [-0.1, -0.05) is 36.4 Å². The molecule has 20 heavy (non-hydrogen) atoms. The summed E-state index contributed by atoms with van der Waals surface area (Å²) in [5, 5.41) is 0. The Kier molecular flexibility index (Phi) is 2.95. The van der Waals surface area contributed by atoms with Crippen LogP contribution in [0.4, 0.5) is 0 Å². The number of allylic oxidation sites excluding steroid dienone is 2. The third-order valence-corrected chi connectivity index (χ3v) is 3.36. The number of benzene rings is 1. The van der Waals surface area contributed by atoms with Crippen molar-refractivity contribution in [3.05, 3.63) is 71.1 Å². The van der Waals surface area contributed by atoms with E-state index in [2.05, 4.69) is 0 Å². The second kappa shape index (κ2) is 4.78. The average molecular weight is 263 g/mol. The number of carbonyl (C=O) groups excluding carboxylic acids is 2. The van der Waals surface area contributed by atoms with E-state index < -0.39 is 0 Å². The Hall–Kier alpha value is -2.68. The van der Waals surface area contributed by atoms with Gasteiger partial charge in [0.25, 0.3) is 0 Å². The number of aromatic nitrogens is 1. The molecule has 0 saturated heterocycles. The second-order valence-corrected chi connectivity index (χ2v) is 4.72. The highest BCUT2D eigenvalue weighted by Crippen LogP contribution is 2.24. The number of hydrogen-bond donors (Lipinski definition) is 0. The molecular weight excluding hydrogens is 250 g/mol. The van der Waals surface area contributed by atoms with Crippen molar-refractivity contribution in [1.29, 1.82) is 0 Å². The highest BCUT2D eigenvalue weighted by atomic mass is 16.1. The van der Waals surface area contributed by atoms with Gasteiger partial charge in [-0.3, -0.25) is 9.59 Å². The Bertz CT molecular complexity index is 749. The molecule has 0 fully saturated rings. The lowest BCUT2D eigenvalue weighted by atomic mass is 9.97. The van der Waals surface area contributed by atoms with Crippen LogP contribution in [0.15, 0.2) is 48.7 Å². The van der Waals surface area contributed by atoms with Crippen molar-refractivity contribution in [2.75, 3.05) is 0 Å². The van der Waals surface area contributed by atoms with Crippen molar-refractivity contribution in [3.8, 4) is 0 Å². The maximum Gasteiger partial charge on any atom is 0.188 e. The van der Waals surface area contributed by atoms with Crippen LogP contribution in [-0.4, -0.2) is 16.1 Å². The van der Waals surface area contributed by atoms with Crippen molar-refractivity contribution < 1.29 is 9.59 Å². The first-order valence-corrected chi connectivity index (χ1v) is 6.36. The highest BCUT2D eigenvalue weighted by molar-refractivity contribution is 6.23. The maximum atomic E-state index is 12.0. The molecule has 98 valence electrons. The van der Waals surface area contributed by atoms with Crippen LogP contribution in [0.5, 0.6) is 0 Å². The molecule has 0 aliphatic heterocycles. The normalized spacial score (nSPS) is 14.1. The number of rotatable bonds is 2. The van der Waals surface area contributed by atoms with E-state index in [0.717, 1.165) is 11.3 Å². The van der Waals surface area contributed by atoms with E-state index in [0.29, 0.717) is 11.1 Å². The molecule has 0 atom stereocenters. The molecule has 0 saturated carbocycles. The smallest absolute Gasteiger partial charge is 0.188 e. The molecule has 0 amide bonds. The van der Waals surface area contributed by atoms with E-state index in [4.69, 9.17) is 0 Å². The molecule has 1 aliphatic rings. The standard InChI is InChI=1S/C17H13NO2/c1-18-11-13-15(19)9-10-16(20)17(13)14(18)8-7-12-5-3-2-4-6-12/h2-11H,1H3/b8-7+. The Morgan fingerprint density at radius 1 is 0.950 bits per heavy atom. The van der Waals surface area contributed by atoms with Crippen LogP contribution in [-0.2, 0) is 7.05 Å². The molecule has 0 N–H and O–H groups in total. The van der Waals surface area contributed by atoms with E-state index in [-0.39, 0.29) is 11.6 Å². The van der Waals surface area contributed by atoms with Gasteiger partial charge < -0.3 is 4.57 Å². The first kappa shape index (κ1) is 12.4. The summed E-state index contributed by atoms with van der Waals surface area (Å²) in [7, 11) is 1.84. The minimum absolute atomic E-state index is 0.116. The zero-order valence-corrected chi connectivity index (χ0v) is 11.0. The summed E-state index contributed by atoms with van der Waals surface area (Å²) in [6.07, 6.45) is 8.19. The third-order valence-electron chi connectivity index (χ3n) is 3.36. The lowest BCUT2D eigenvalue weighted by Crippen LogP contribution is -2.09. The van der Waals surface area contributed by atoms with E-state index >= 15 is 0 Å². The van der Waals surface area contributed by atoms with Gasteiger partial charge in [0, 0.05) is 13.2 Å². The summed E-state index contributed by atoms with van der Waals surface area (Å²) in [4.78, 5) is 23.8. The zero-order valence-electron chi connectivity index (χ0n) is 11.0. The summed E-state index contributed by atoms with van der Waals surface area (Å²) in [6.45, 7) is 0. The van der Waals surface area contributed by atoms with Gasteiger partial charge in [0.2, 0.25) is 0 Å². The van der Waals surface area contributed by atoms with Crippen molar-refractivity contribution in [1.82, 2.24) is 4.57 Å². The lowest BCUT2D eigenvalue weighted by molar-refractivity contribution is 0.0995. The van der Waals surface area contributed by atoms with Crippen LogP contribution < -0.4 is 0 Å². The van der Waals surface area contributed by atoms with Crippen LogP contribution in [0.25, 0.3) is 12.2 Å². The summed E-state index contributed by atoms with van der Waals surface area (Å²) in [5.74, 6) is -0.234. The van der Waals surface area contributed by atoms with Crippen LogP contribution in [0.1, 0.15) is 32.0 Å². The topological polar surface area (TPSA) is 39.1 Å². The number of fused-ring (bicyclic) bond motifs is 1. The molecular formula is C17H13NO2. The zero-order chi connectivity index (χ0) is 14.1. The summed E-state index contributed by atoms with van der Waals surface area (Å²) >= 11 is 0. The minimum atomic E-state index is -0.118. The molecule has 0 unspecified atom stereocenters. The van der Waals surface area contributed by atoms with Crippen molar-refractivity contribution >= 4 is 23.7 Å². The Morgan fingerprint density at radius 3 is 2.40 bits per heavy atom. The monoisotopic (exact) mass is 263 g/mol. The van der Waals surface area contributed by atoms with Gasteiger partial charge in [-0.25, -0.2) is 0 Å². The predicted octanol–water partition coefficient (Wildman–Crippen LogP) is 3.13. The molecule has 3 heteroatoms. The largest absolute Gasteiger partial charge is 0.350 e. The average Bonchev–Trinajstić information content (AvgIpc) is 2.80. The molecule has 0 bridgehead atoms. The van der Waals surface area contributed by atoms with Gasteiger partial charge in [-0.05, 0) is 23.8 Å². The molecule has 1 aromatic heterocycles. The highest BCUT2D eigenvalue weighted by Gasteiger charge is 2.24. The fourth-order valence-corrected chi connectivity index (χ4v) is 2.35. The van der Waals surface area contributed by atoms with E-state index in [9.17, 15) is 9.59 Å². The number of nitrogens with zero attached hydrogens (tertiary/aromatic N) is 1. The Labute approximate surface area is 116 Å². The molecule has 3 nitrogen and oxygen atoms in total. The molecule has 1 aliphatic carbocycles. The summed E-state index contributed by atoms with van der Waals surface area (Å²) in [5.41, 5.74) is 2.78. The third kappa shape index (κ3) is 2.03. The van der Waals surface area contributed by atoms with Crippen molar-refractivity contribution in [3.63, 3.8) is 0 Å². The van der Waals surface area contributed by atoms with Crippen LogP contribution >= 0.6 is 0 Å². The first-order chi connectivity index (χ1) is 9.66. The SMILES string of the molecule is Cn1cc2c(c1/C=C/c1ccccc1)C(=O)C=CC2=O. The Morgan fingerprint density at radius 2 is 1.65 bits per heavy atom. The molecule has 0 radical (unpaired) electrons. The predicted molar refractivity (Wildman–Crippen MR) is 78.6 cm³/mol. The second-order valence-electron chi connectivity index (χ2n) is 4.72. The van der Waals surface area contributed by atoms with Gasteiger partial charge in [-0.2, -0.15) is 0 Å². The van der Waals surface area contributed by atoms with Gasteiger partial charge >= 0.3 is 0 Å². The van der Waals surface area contributed by atoms with Gasteiger partial charge in [0.05, 0.1) is 16.8 Å². The number of hydrogen-bond acceptors (Lipinski definition) is 2. The van der Waals surface area contributed by atoms with E-state index in [1.54, 1.807) is 6.20 Å². The van der Waals surface area contributed by atoms with E-state index in [1.807, 2.05) is 54.1 Å². The molecule has 1 heterocycles. The van der Waals surface area contributed by atoms with Gasteiger partial charge in [-0.15, -0.1) is 0 Å². The van der Waals surface area contributed by atoms with Crippen molar-refractivity contribution in [2.24, 2.45) is 7.05 Å². The number of ketones is 2. The number of aryl methyl sites for hydroxylation is 1. The van der Waals surface area contributed by atoms with Gasteiger partial charge in [0.1, 0.15) is 0 Å². The maximum absolute atomic E-state index is 12.0. The molecule has 0 spiro atoms. The van der Waals surface area contributed by atoms with Crippen LogP contribution in [0.3, 0.4) is 0 Å².